The largest absolute Gasteiger partial charge is 0.469 e. The Bertz CT molecular complexity index is 577. The van der Waals surface area contributed by atoms with Crippen LogP contribution >= 0.6 is 0 Å². The lowest BCUT2D eigenvalue weighted by Crippen LogP contribution is -2.38. The van der Waals surface area contributed by atoms with E-state index in [2.05, 4.69) is 5.32 Å². The first-order valence-electron chi connectivity index (χ1n) is 7.92. The van der Waals surface area contributed by atoms with Crippen LogP contribution in [0.25, 0.3) is 0 Å². The third-order valence-electron chi connectivity index (χ3n) is 3.88. The monoisotopic (exact) mass is 319 g/mol. The van der Waals surface area contributed by atoms with Crippen LogP contribution in [0.2, 0.25) is 0 Å². The molecule has 0 aromatic heterocycles. The van der Waals surface area contributed by atoms with Gasteiger partial charge in [-0.25, -0.2) is 4.79 Å². The molecule has 1 aliphatic rings. The Morgan fingerprint density at radius 2 is 1.96 bits per heavy atom. The summed E-state index contributed by atoms with van der Waals surface area (Å²) in [5, 5.41) is 2.94. The molecular weight excluding hydrogens is 294 g/mol. The molecule has 1 N–H and O–H groups in total. The number of alkyl carbamates (subject to hydrolysis) is 1. The van der Waals surface area contributed by atoms with Crippen LogP contribution in [0.1, 0.15) is 50.8 Å². The van der Waals surface area contributed by atoms with Crippen LogP contribution in [-0.4, -0.2) is 24.8 Å². The Labute approximate surface area is 137 Å². The summed E-state index contributed by atoms with van der Waals surface area (Å²) in [6, 6.07) is 7.85. The van der Waals surface area contributed by atoms with Crippen molar-refractivity contribution in [2.75, 3.05) is 7.11 Å². The van der Waals surface area contributed by atoms with Crippen molar-refractivity contribution in [1.82, 2.24) is 5.32 Å². The van der Waals surface area contributed by atoms with Gasteiger partial charge in [-0.15, -0.1) is 0 Å². The minimum Gasteiger partial charge on any atom is -0.469 e. The molecule has 1 amide bonds. The Kier molecular flexibility index (Phi) is 5.29. The summed E-state index contributed by atoms with van der Waals surface area (Å²) in [5.74, 6) is -0.0670. The van der Waals surface area contributed by atoms with Gasteiger partial charge in [-0.05, 0) is 50.7 Å². The number of carbonyl (C=O) groups excluding carboxylic acids is 2. The zero-order chi connectivity index (χ0) is 17.0. The maximum absolute atomic E-state index is 12.1. The Hall–Kier alpha value is -2.04. The van der Waals surface area contributed by atoms with Gasteiger partial charge in [0.05, 0.1) is 13.2 Å². The molecule has 0 saturated carbocycles. The molecule has 0 bridgehead atoms. The summed E-state index contributed by atoms with van der Waals surface area (Å²) in [6.45, 7) is 5.50. The third kappa shape index (κ3) is 4.98. The third-order valence-corrected chi connectivity index (χ3v) is 3.88. The lowest BCUT2D eigenvalue weighted by Gasteiger charge is -2.32. The number of nitrogens with one attached hydrogen (secondary N) is 1. The van der Waals surface area contributed by atoms with E-state index >= 15 is 0 Å². The zero-order valence-corrected chi connectivity index (χ0v) is 14.2. The molecule has 1 aromatic carbocycles. The standard InChI is InChI=1S/C18H25NO4/c1-18(2,3)23-17(21)19-15-10-12(11-16(20)22-4)9-13-7-5-6-8-14(13)15/h5-8,12,15H,9-11H2,1-4H3,(H,19,21)/t12?,15-/m1/s1. The van der Waals surface area contributed by atoms with Gasteiger partial charge in [-0.2, -0.15) is 0 Å². The fourth-order valence-corrected chi connectivity index (χ4v) is 2.98. The first-order valence-corrected chi connectivity index (χ1v) is 7.92. The molecule has 0 spiro atoms. The lowest BCUT2D eigenvalue weighted by atomic mass is 9.79. The molecule has 1 aliphatic carbocycles. The second-order valence-electron chi connectivity index (χ2n) is 6.98. The first kappa shape index (κ1) is 17.3. The van der Waals surface area contributed by atoms with E-state index in [4.69, 9.17) is 9.47 Å². The van der Waals surface area contributed by atoms with E-state index in [1.807, 2.05) is 45.0 Å². The fourth-order valence-electron chi connectivity index (χ4n) is 2.98. The van der Waals surface area contributed by atoms with Crippen LogP contribution < -0.4 is 5.32 Å². The molecular formula is C18H25NO4. The number of methoxy groups -OCH3 is 1. The van der Waals surface area contributed by atoms with Gasteiger partial charge < -0.3 is 14.8 Å². The molecule has 5 heteroatoms. The van der Waals surface area contributed by atoms with Gasteiger partial charge in [0.25, 0.3) is 0 Å². The molecule has 0 radical (unpaired) electrons. The van der Waals surface area contributed by atoms with Gasteiger partial charge in [0.15, 0.2) is 0 Å². The first-order chi connectivity index (χ1) is 10.8. The van der Waals surface area contributed by atoms with Crippen molar-refractivity contribution in [2.24, 2.45) is 5.92 Å². The molecule has 126 valence electrons. The summed E-state index contributed by atoms with van der Waals surface area (Å²) in [4.78, 5) is 23.7. The molecule has 0 fully saturated rings. The van der Waals surface area contributed by atoms with Gasteiger partial charge in [0, 0.05) is 6.42 Å². The number of fused-ring (bicyclic) bond motifs is 1. The maximum Gasteiger partial charge on any atom is 0.408 e. The summed E-state index contributed by atoms with van der Waals surface area (Å²) in [6.07, 6.45) is 1.44. The molecule has 1 unspecified atom stereocenters. The van der Waals surface area contributed by atoms with E-state index < -0.39 is 11.7 Å². The number of amides is 1. The van der Waals surface area contributed by atoms with Crippen molar-refractivity contribution in [1.29, 1.82) is 0 Å². The van der Waals surface area contributed by atoms with Crippen LogP contribution in [0.5, 0.6) is 0 Å². The molecule has 0 saturated heterocycles. The molecule has 2 rings (SSSR count). The van der Waals surface area contributed by atoms with Crippen LogP contribution in [0.3, 0.4) is 0 Å². The molecule has 23 heavy (non-hydrogen) atoms. The quantitative estimate of drug-likeness (QED) is 0.868. The topological polar surface area (TPSA) is 64.6 Å². The highest BCUT2D eigenvalue weighted by Gasteiger charge is 2.30. The SMILES string of the molecule is COC(=O)CC1Cc2ccccc2[C@H](NC(=O)OC(C)(C)C)C1. The second-order valence-corrected chi connectivity index (χ2v) is 6.98. The van der Waals surface area contributed by atoms with E-state index in [9.17, 15) is 9.59 Å². The van der Waals surface area contributed by atoms with Crippen LogP contribution in [0.4, 0.5) is 4.79 Å². The molecule has 1 aromatic rings. The Morgan fingerprint density at radius 1 is 1.26 bits per heavy atom. The van der Waals surface area contributed by atoms with Gasteiger partial charge in [0.1, 0.15) is 5.60 Å². The van der Waals surface area contributed by atoms with Gasteiger partial charge >= 0.3 is 12.1 Å². The average Bonchev–Trinajstić information content (AvgIpc) is 2.45. The predicted octanol–water partition coefficient (Wildman–Crippen LogP) is 3.38. The number of hydrogen-bond acceptors (Lipinski definition) is 4. The zero-order valence-electron chi connectivity index (χ0n) is 14.2. The van der Waals surface area contributed by atoms with E-state index in [1.165, 1.54) is 7.11 Å². The molecule has 0 aliphatic heterocycles. The maximum atomic E-state index is 12.1. The number of hydrogen-bond donors (Lipinski definition) is 1. The van der Waals surface area contributed by atoms with Crippen molar-refractivity contribution >= 4 is 12.1 Å². The highest BCUT2D eigenvalue weighted by molar-refractivity contribution is 5.70. The van der Waals surface area contributed by atoms with Crippen molar-refractivity contribution in [2.45, 2.75) is 51.7 Å². The number of ether oxygens (including phenoxy) is 2. The number of rotatable bonds is 3. The Morgan fingerprint density at radius 3 is 2.61 bits per heavy atom. The van der Waals surface area contributed by atoms with E-state index in [0.717, 1.165) is 17.5 Å². The number of esters is 1. The minimum absolute atomic E-state index is 0.149. The van der Waals surface area contributed by atoms with E-state index in [-0.39, 0.29) is 17.9 Å². The van der Waals surface area contributed by atoms with Crippen molar-refractivity contribution in [3.63, 3.8) is 0 Å². The highest BCUT2D eigenvalue weighted by Crippen LogP contribution is 2.35. The Balaban J connectivity index is 2.13. The van der Waals surface area contributed by atoms with Crippen molar-refractivity contribution < 1.29 is 19.1 Å². The minimum atomic E-state index is -0.538. The molecule has 5 nitrogen and oxygen atoms in total. The van der Waals surface area contributed by atoms with Crippen molar-refractivity contribution in [3.05, 3.63) is 35.4 Å². The van der Waals surface area contributed by atoms with Crippen molar-refractivity contribution in [3.8, 4) is 0 Å². The predicted molar refractivity (Wildman–Crippen MR) is 87.0 cm³/mol. The van der Waals surface area contributed by atoms with E-state index in [1.54, 1.807) is 0 Å². The van der Waals surface area contributed by atoms with Crippen LogP contribution in [0, 0.1) is 5.92 Å². The highest BCUT2D eigenvalue weighted by atomic mass is 16.6. The number of benzene rings is 1. The van der Waals surface area contributed by atoms with Crippen LogP contribution in [0.15, 0.2) is 24.3 Å². The van der Waals surface area contributed by atoms with Gasteiger partial charge in [-0.3, -0.25) is 4.79 Å². The van der Waals surface area contributed by atoms with E-state index in [0.29, 0.717) is 12.8 Å². The smallest absolute Gasteiger partial charge is 0.408 e. The van der Waals surface area contributed by atoms with Gasteiger partial charge in [-0.1, -0.05) is 24.3 Å². The van der Waals surface area contributed by atoms with Gasteiger partial charge in [0.2, 0.25) is 0 Å². The summed E-state index contributed by atoms with van der Waals surface area (Å²) in [5.41, 5.74) is 1.72. The second kappa shape index (κ2) is 7.02. The fraction of sp³-hybridized carbons (Fsp3) is 0.556. The average molecular weight is 319 g/mol. The normalized spacial score (nSPS) is 20.3. The summed E-state index contributed by atoms with van der Waals surface area (Å²) < 4.78 is 10.1. The van der Waals surface area contributed by atoms with Crippen LogP contribution in [-0.2, 0) is 20.7 Å². The summed E-state index contributed by atoms with van der Waals surface area (Å²) >= 11 is 0. The number of carbonyl (C=O) groups is 2. The lowest BCUT2D eigenvalue weighted by molar-refractivity contribution is -0.141. The molecule has 2 atom stereocenters. The molecule has 0 heterocycles. The summed E-state index contributed by atoms with van der Waals surface area (Å²) in [7, 11) is 1.40.